The lowest BCUT2D eigenvalue weighted by molar-refractivity contribution is 0.352. The van der Waals surface area contributed by atoms with Crippen LogP contribution in [0.2, 0.25) is 0 Å². The van der Waals surface area contributed by atoms with Crippen LogP contribution >= 0.6 is 0 Å². The summed E-state index contributed by atoms with van der Waals surface area (Å²) >= 11 is 0. The van der Waals surface area contributed by atoms with Crippen LogP contribution in [0.15, 0.2) is 18.3 Å². The zero-order valence-electron chi connectivity index (χ0n) is 9.52. The monoisotopic (exact) mass is 235 g/mol. The van der Waals surface area contributed by atoms with Crippen LogP contribution in [0.4, 0.5) is 5.82 Å². The Bertz CT molecular complexity index is 537. The van der Waals surface area contributed by atoms with Crippen molar-refractivity contribution in [3.05, 3.63) is 18.3 Å². The van der Waals surface area contributed by atoms with E-state index in [4.69, 9.17) is 15.2 Å². The normalized spacial score (nSPS) is 10.2. The third-order valence-electron chi connectivity index (χ3n) is 2.46. The molecule has 0 atom stereocenters. The van der Waals surface area contributed by atoms with Crippen LogP contribution < -0.4 is 15.2 Å². The molecule has 2 rings (SSSR count). The molecule has 17 heavy (non-hydrogen) atoms. The van der Waals surface area contributed by atoms with E-state index in [-0.39, 0.29) is 5.75 Å². The van der Waals surface area contributed by atoms with Crippen molar-refractivity contribution >= 4 is 5.82 Å². The molecule has 6 heteroatoms. The number of aromatic nitrogens is 2. The van der Waals surface area contributed by atoms with Gasteiger partial charge in [0, 0.05) is 17.2 Å². The van der Waals surface area contributed by atoms with Gasteiger partial charge in [0.2, 0.25) is 0 Å². The quantitative estimate of drug-likeness (QED) is 0.747. The van der Waals surface area contributed by atoms with Gasteiger partial charge in [-0.25, -0.2) is 0 Å². The highest BCUT2D eigenvalue weighted by atomic mass is 16.5. The molecular formula is C11H13N3O3. The van der Waals surface area contributed by atoms with Crippen molar-refractivity contribution in [2.75, 3.05) is 20.0 Å². The highest BCUT2D eigenvalue weighted by Gasteiger charge is 2.14. The van der Waals surface area contributed by atoms with Crippen molar-refractivity contribution < 1.29 is 14.6 Å². The first-order valence-corrected chi connectivity index (χ1v) is 4.91. The van der Waals surface area contributed by atoms with Crippen LogP contribution in [-0.2, 0) is 0 Å². The Hall–Kier alpha value is -2.37. The fraction of sp³-hybridized carbons (Fsp3) is 0.182. The van der Waals surface area contributed by atoms with E-state index in [1.807, 2.05) is 0 Å². The molecule has 90 valence electrons. The Labute approximate surface area is 98.0 Å². The molecule has 6 nitrogen and oxygen atoms in total. The lowest BCUT2D eigenvalue weighted by atomic mass is 10.1. The van der Waals surface area contributed by atoms with Crippen LogP contribution in [0.5, 0.6) is 17.2 Å². The van der Waals surface area contributed by atoms with E-state index in [9.17, 15) is 5.11 Å². The molecule has 1 aromatic carbocycles. The largest absolute Gasteiger partial charge is 0.507 e. The van der Waals surface area contributed by atoms with Crippen molar-refractivity contribution in [1.29, 1.82) is 0 Å². The van der Waals surface area contributed by atoms with Crippen LogP contribution in [-0.4, -0.2) is 29.5 Å². The number of hydrogen-bond donors (Lipinski definition) is 3. The Morgan fingerprint density at radius 1 is 1.18 bits per heavy atom. The van der Waals surface area contributed by atoms with Gasteiger partial charge >= 0.3 is 0 Å². The summed E-state index contributed by atoms with van der Waals surface area (Å²) in [5.74, 6) is 1.40. The van der Waals surface area contributed by atoms with Crippen LogP contribution in [0.25, 0.3) is 11.1 Å². The van der Waals surface area contributed by atoms with E-state index in [1.54, 1.807) is 6.07 Å². The van der Waals surface area contributed by atoms with Crippen LogP contribution in [0, 0.1) is 0 Å². The summed E-state index contributed by atoms with van der Waals surface area (Å²) in [5.41, 5.74) is 6.85. The van der Waals surface area contributed by atoms with E-state index < -0.39 is 0 Å². The summed E-state index contributed by atoms with van der Waals surface area (Å²) < 4.78 is 10.2. The number of anilines is 1. The average Bonchev–Trinajstić information content (AvgIpc) is 2.75. The summed E-state index contributed by atoms with van der Waals surface area (Å²) in [5, 5.41) is 16.3. The lowest BCUT2D eigenvalue weighted by Gasteiger charge is -2.11. The van der Waals surface area contributed by atoms with Crippen LogP contribution in [0.1, 0.15) is 0 Å². The van der Waals surface area contributed by atoms with Gasteiger partial charge in [-0.3, -0.25) is 5.10 Å². The number of phenolic OH excluding ortho intramolecular Hbond substituents is 1. The molecule has 0 aliphatic heterocycles. The van der Waals surface area contributed by atoms with Gasteiger partial charge in [-0.05, 0) is 6.07 Å². The summed E-state index contributed by atoms with van der Waals surface area (Å²) in [4.78, 5) is 0. The van der Waals surface area contributed by atoms with Gasteiger partial charge in [-0.1, -0.05) is 0 Å². The maximum atomic E-state index is 9.91. The third kappa shape index (κ3) is 1.84. The predicted octanol–water partition coefficient (Wildman–Crippen LogP) is 1.38. The number of ether oxygens (including phenoxy) is 2. The fourth-order valence-electron chi connectivity index (χ4n) is 1.59. The molecule has 2 aromatic rings. The Kier molecular flexibility index (Phi) is 2.78. The van der Waals surface area contributed by atoms with Gasteiger partial charge in [0.15, 0.2) is 11.5 Å². The van der Waals surface area contributed by atoms with E-state index in [0.717, 1.165) is 0 Å². The Morgan fingerprint density at radius 3 is 2.35 bits per heavy atom. The predicted molar refractivity (Wildman–Crippen MR) is 63.2 cm³/mol. The molecule has 0 aliphatic carbocycles. The number of nitrogen functional groups attached to an aromatic ring is 1. The van der Waals surface area contributed by atoms with Gasteiger partial charge in [0.25, 0.3) is 0 Å². The number of hydrogen-bond acceptors (Lipinski definition) is 5. The minimum Gasteiger partial charge on any atom is -0.507 e. The molecule has 1 heterocycles. The maximum Gasteiger partial charge on any atom is 0.164 e. The maximum absolute atomic E-state index is 9.91. The molecule has 0 amide bonds. The second-order valence-electron chi connectivity index (χ2n) is 3.42. The summed E-state index contributed by atoms with van der Waals surface area (Å²) in [6, 6.07) is 3.12. The Morgan fingerprint density at radius 2 is 1.82 bits per heavy atom. The van der Waals surface area contributed by atoms with Crippen LogP contribution in [0.3, 0.4) is 0 Å². The minimum absolute atomic E-state index is 0.0516. The SMILES string of the molecule is COc1cc(O)c(-c2cn[nH]c2N)cc1OC. The molecule has 0 bridgehead atoms. The number of nitrogens with zero attached hydrogens (tertiary/aromatic N) is 1. The second kappa shape index (κ2) is 4.25. The number of methoxy groups -OCH3 is 2. The number of nitrogens with two attached hydrogens (primary N) is 1. The Balaban J connectivity index is 2.59. The lowest BCUT2D eigenvalue weighted by Crippen LogP contribution is -1.93. The standard InChI is InChI=1S/C11H13N3O3/c1-16-9-3-6(7-5-13-14-11(7)12)8(15)4-10(9)17-2/h3-5,15H,1-2H3,(H3,12,13,14). The van der Waals surface area contributed by atoms with E-state index in [0.29, 0.717) is 28.4 Å². The number of benzene rings is 1. The van der Waals surface area contributed by atoms with Crippen molar-refractivity contribution in [3.63, 3.8) is 0 Å². The van der Waals surface area contributed by atoms with Crippen molar-refractivity contribution in [3.8, 4) is 28.4 Å². The second-order valence-corrected chi connectivity index (χ2v) is 3.42. The smallest absolute Gasteiger partial charge is 0.164 e. The number of nitrogens with one attached hydrogen (secondary N) is 1. The molecule has 0 unspecified atom stereocenters. The molecule has 0 saturated carbocycles. The first kappa shape index (κ1) is 11.1. The van der Waals surface area contributed by atoms with Gasteiger partial charge in [-0.15, -0.1) is 0 Å². The van der Waals surface area contributed by atoms with E-state index in [2.05, 4.69) is 10.2 Å². The summed E-state index contributed by atoms with van der Waals surface area (Å²) in [6.07, 6.45) is 1.54. The summed E-state index contributed by atoms with van der Waals surface area (Å²) in [7, 11) is 3.03. The van der Waals surface area contributed by atoms with Crippen molar-refractivity contribution in [2.24, 2.45) is 0 Å². The van der Waals surface area contributed by atoms with Gasteiger partial charge in [0.05, 0.1) is 20.4 Å². The summed E-state index contributed by atoms with van der Waals surface area (Å²) in [6.45, 7) is 0. The highest BCUT2D eigenvalue weighted by molar-refractivity contribution is 5.80. The van der Waals surface area contributed by atoms with Gasteiger partial charge in [-0.2, -0.15) is 5.10 Å². The number of phenols is 1. The molecule has 0 saturated heterocycles. The fourth-order valence-corrected chi connectivity index (χ4v) is 1.59. The molecule has 4 N–H and O–H groups in total. The molecular weight excluding hydrogens is 222 g/mol. The molecule has 0 fully saturated rings. The van der Waals surface area contributed by atoms with E-state index in [1.165, 1.54) is 26.5 Å². The molecule has 0 aliphatic rings. The molecule has 0 radical (unpaired) electrons. The van der Waals surface area contributed by atoms with Gasteiger partial charge in [0.1, 0.15) is 11.6 Å². The number of rotatable bonds is 3. The highest BCUT2D eigenvalue weighted by Crippen LogP contribution is 2.40. The zero-order valence-corrected chi connectivity index (χ0v) is 9.52. The van der Waals surface area contributed by atoms with E-state index >= 15 is 0 Å². The first-order chi connectivity index (χ1) is 8.17. The van der Waals surface area contributed by atoms with Crippen molar-refractivity contribution in [1.82, 2.24) is 10.2 Å². The third-order valence-corrected chi connectivity index (χ3v) is 2.46. The van der Waals surface area contributed by atoms with Crippen molar-refractivity contribution in [2.45, 2.75) is 0 Å². The molecule has 0 spiro atoms. The number of aromatic hydroxyl groups is 1. The average molecular weight is 235 g/mol. The van der Waals surface area contributed by atoms with Gasteiger partial charge < -0.3 is 20.3 Å². The number of H-pyrrole nitrogens is 1. The minimum atomic E-state index is 0.0516. The zero-order chi connectivity index (χ0) is 12.4. The topological polar surface area (TPSA) is 93.4 Å². The number of aromatic amines is 1. The first-order valence-electron chi connectivity index (χ1n) is 4.91. The molecule has 1 aromatic heterocycles.